The highest BCUT2D eigenvalue weighted by atomic mass is 32.1. The molecule has 0 atom stereocenters. The van der Waals surface area contributed by atoms with E-state index in [1.165, 1.54) is 15.9 Å². The fourth-order valence-electron chi connectivity index (χ4n) is 5.45. The van der Waals surface area contributed by atoms with Gasteiger partial charge < -0.3 is 9.64 Å². The van der Waals surface area contributed by atoms with Crippen molar-refractivity contribution in [3.8, 4) is 5.75 Å². The van der Waals surface area contributed by atoms with Crippen LogP contribution in [0, 0.1) is 11.8 Å². The van der Waals surface area contributed by atoms with E-state index in [9.17, 15) is 14.4 Å². The standard InChI is InChI=1S/C26H31N3O4S/c1-33-21-6-4-5-19(15-21)17-28-22-11-14-34-23(22)25(31)29(26(28)32)16-18-7-9-20(10-8-18)24(30)27-12-2-3-13-27/h4-6,11,14-15,18,20H,2-3,7-10,12-13,16-17H2,1H3. The summed E-state index contributed by atoms with van der Waals surface area (Å²) in [6, 6.07) is 9.50. The zero-order chi connectivity index (χ0) is 23.7. The van der Waals surface area contributed by atoms with Crippen LogP contribution in [-0.2, 0) is 17.9 Å². The van der Waals surface area contributed by atoms with E-state index < -0.39 is 0 Å². The van der Waals surface area contributed by atoms with Crippen molar-refractivity contribution < 1.29 is 9.53 Å². The Balaban J connectivity index is 1.37. The molecule has 0 radical (unpaired) electrons. The van der Waals surface area contributed by atoms with Crippen molar-refractivity contribution in [2.45, 2.75) is 51.6 Å². The Kier molecular flexibility index (Phi) is 6.59. The van der Waals surface area contributed by atoms with E-state index in [-0.39, 0.29) is 23.1 Å². The van der Waals surface area contributed by atoms with Crippen LogP contribution < -0.4 is 16.0 Å². The minimum atomic E-state index is -0.269. The molecule has 2 fully saturated rings. The van der Waals surface area contributed by atoms with Gasteiger partial charge in [0.05, 0.1) is 19.2 Å². The molecule has 0 bridgehead atoms. The zero-order valence-corrected chi connectivity index (χ0v) is 20.4. The number of amides is 1. The predicted molar refractivity (Wildman–Crippen MR) is 134 cm³/mol. The Hall–Kier alpha value is -2.87. The Morgan fingerprint density at radius 2 is 1.82 bits per heavy atom. The molecule has 1 aromatic carbocycles. The molecule has 8 heteroatoms. The fraction of sp³-hybridized carbons (Fsp3) is 0.500. The topological polar surface area (TPSA) is 73.5 Å². The SMILES string of the molecule is COc1cccc(Cn2c(=O)n(CC3CCC(C(=O)N4CCCC4)CC3)c(=O)c3sccc32)c1. The minimum Gasteiger partial charge on any atom is -0.497 e. The molecule has 180 valence electrons. The highest BCUT2D eigenvalue weighted by Crippen LogP contribution is 2.31. The second-order valence-corrected chi connectivity index (χ2v) is 10.4. The number of hydrogen-bond donors (Lipinski definition) is 0. The molecule has 1 aliphatic heterocycles. The van der Waals surface area contributed by atoms with Gasteiger partial charge in [-0.15, -0.1) is 11.3 Å². The van der Waals surface area contributed by atoms with Crippen molar-refractivity contribution in [3.05, 3.63) is 62.1 Å². The molecule has 34 heavy (non-hydrogen) atoms. The largest absolute Gasteiger partial charge is 0.497 e. The summed E-state index contributed by atoms with van der Waals surface area (Å²) in [6.07, 6.45) is 5.64. The van der Waals surface area contributed by atoms with Crippen molar-refractivity contribution in [2.24, 2.45) is 11.8 Å². The molecule has 5 rings (SSSR count). The van der Waals surface area contributed by atoms with Crippen LogP contribution in [0.25, 0.3) is 10.2 Å². The van der Waals surface area contributed by atoms with Crippen LogP contribution in [0.4, 0.5) is 0 Å². The van der Waals surface area contributed by atoms with Crippen LogP contribution in [0.1, 0.15) is 44.1 Å². The number of likely N-dealkylation sites (tertiary alicyclic amines) is 1. The summed E-state index contributed by atoms with van der Waals surface area (Å²) >= 11 is 1.38. The van der Waals surface area contributed by atoms with E-state index in [1.807, 2.05) is 40.6 Å². The number of hydrogen-bond acceptors (Lipinski definition) is 5. The molecular weight excluding hydrogens is 450 g/mol. The number of rotatable bonds is 6. The van der Waals surface area contributed by atoms with Gasteiger partial charge in [-0.1, -0.05) is 12.1 Å². The smallest absolute Gasteiger partial charge is 0.331 e. The van der Waals surface area contributed by atoms with Crippen LogP contribution in [0.5, 0.6) is 5.75 Å². The fourth-order valence-corrected chi connectivity index (χ4v) is 6.29. The second kappa shape index (κ2) is 9.78. The first kappa shape index (κ1) is 22.9. The maximum atomic E-state index is 13.5. The van der Waals surface area contributed by atoms with Gasteiger partial charge in [-0.05, 0) is 73.6 Å². The monoisotopic (exact) mass is 481 g/mol. The number of nitrogens with zero attached hydrogens (tertiary/aromatic N) is 3. The van der Waals surface area contributed by atoms with Gasteiger partial charge in [-0.25, -0.2) is 4.79 Å². The highest BCUT2D eigenvalue weighted by Gasteiger charge is 2.31. The van der Waals surface area contributed by atoms with Crippen LogP contribution in [0.2, 0.25) is 0 Å². The van der Waals surface area contributed by atoms with E-state index in [0.717, 1.165) is 62.9 Å². The van der Waals surface area contributed by atoms with Gasteiger partial charge >= 0.3 is 5.69 Å². The van der Waals surface area contributed by atoms with Crippen molar-refractivity contribution in [1.29, 1.82) is 0 Å². The van der Waals surface area contributed by atoms with Gasteiger partial charge in [-0.2, -0.15) is 0 Å². The number of benzene rings is 1. The van der Waals surface area contributed by atoms with Crippen molar-refractivity contribution in [1.82, 2.24) is 14.0 Å². The lowest BCUT2D eigenvalue weighted by Gasteiger charge is -2.30. The molecule has 7 nitrogen and oxygen atoms in total. The molecule has 2 aromatic heterocycles. The zero-order valence-electron chi connectivity index (χ0n) is 19.6. The van der Waals surface area contributed by atoms with E-state index in [4.69, 9.17) is 4.74 Å². The summed E-state index contributed by atoms with van der Waals surface area (Å²) in [5.74, 6) is 1.36. The lowest BCUT2D eigenvalue weighted by atomic mass is 9.81. The number of methoxy groups -OCH3 is 1. The summed E-state index contributed by atoms with van der Waals surface area (Å²) in [7, 11) is 1.62. The Labute approximate surface area is 202 Å². The lowest BCUT2D eigenvalue weighted by Crippen LogP contribution is -2.42. The Bertz CT molecular complexity index is 1290. The highest BCUT2D eigenvalue weighted by molar-refractivity contribution is 7.17. The van der Waals surface area contributed by atoms with Crippen LogP contribution in [0.3, 0.4) is 0 Å². The maximum absolute atomic E-state index is 13.5. The molecule has 1 amide bonds. The summed E-state index contributed by atoms with van der Waals surface area (Å²) in [5, 5.41) is 1.87. The molecule has 3 heterocycles. The lowest BCUT2D eigenvalue weighted by molar-refractivity contribution is -0.135. The molecule has 0 spiro atoms. The van der Waals surface area contributed by atoms with Crippen molar-refractivity contribution in [3.63, 3.8) is 0 Å². The van der Waals surface area contributed by atoms with Crippen LogP contribution >= 0.6 is 11.3 Å². The quantitative estimate of drug-likeness (QED) is 0.538. The molecule has 1 saturated carbocycles. The number of fused-ring (bicyclic) bond motifs is 1. The molecule has 3 aromatic rings. The third-order valence-corrected chi connectivity index (χ3v) is 8.26. The van der Waals surface area contributed by atoms with Crippen LogP contribution in [0.15, 0.2) is 45.3 Å². The number of carbonyl (C=O) groups excluding carboxylic acids is 1. The Morgan fingerprint density at radius 3 is 2.56 bits per heavy atom. The predicted octanol–water partition coefficient (Wildman–Crippen LogP) is 3.71. The third-order valence-electron chi connectivity index (χ3n) is 7.37. The van der Waals surface area contributed by atoms with Gasteiger partial charge in [0.1, 0.15) is 10.4 Å². The second-order valence-electron chi connectivity index (χ2n) is 9.52. The molecule has 2 aliphatic rings. The van der Waals surface area contributed by atoms with E-state index in [1.54, 1.807) is 11.7 Å². The number of thiophene rings is 1. The van der Waals surface area contributed by atoms with Crippen LogP contribution in [-0.4, -0.2) is 40.1 Å². The maximum Gasteiger partial charge on any atom is 0.331 e. The Morgan fingerprint density at radius 1 is 1.06 bits per heavy atom. The number of aromatic nitrogens is 2. The van der Waals surface area contributed by atoms with Gasteiger partial charge in [0.2, 0.25) is 5.91 Å². The first-order valence-corrected chi connectivity index (χ1v) is 13.1. The molecular formula is C26H31N3O4S. The average Bonchev–Trinajstić information content (AvgIpc) is 3.57. The summed E-state index contributed by atoms with van der Waals surface area (Å²) in [5.41, 5.74) is 1.15. The van der Waals surface area contributed by atoms with E-state index in [2.05, 4.69) is 0 Å². The summed E-state index contributed by atoms with van der Waals surface area (Å²) in [6.45, 7) is 2.57. The van der Waals surface area contributed by atoms with Crippen molar-refractivity contribution in [2.75, 3.05) is 20.2 Å². The van der Waals surface area contributed by atoms with Gasteiger partial charge in [-0.3, -0.25) is 18.7 Å². The molecule has 0 unspecified atom stereocenters. The molecule has 1 saturated heterocycles. The molecule has 1 aliphatic carbocycles. The first-order valence-electron chi connectivity index (χ1n) is 12.2. The minimum absolute atomic E-state index is 0.0931. The average molecular weight is 482 g/mol. The summed E-state index contributed by atoms with van der Waals surface area (Å²) in [4.78, 5) is 41.5. The number of ether oxygens (including phenoxy) is 1. The molecule has 0 N–H and O–H groups in total. The van der Waals surface area contributed by atoms with Gasteiger partial charge in [0.25, 0.3) is 5.56 Å². The summed E-state index contributed by atoms with van der Waals surface area (Å²) < 4.78 is 9.06. The normalized spacial score (nSPS) is 20.7. The number of carbonyl (C=O) groups is 1. The van der Waals surface area contributed by atoms with Crippen molar-refractivity contribution >= 4 is 27.5 Å². The van der Waals surface area contributed by atoms with Gasteiger partial charge in [0, 0.05) is 25.6 Å². The van der Waals surface area contributed by atoms with E-state index >= 15 is 0 Å². The van der Waals surface area contributed by atoms with E-state index in [0.29, 0.717) is 29.2 Å². The first-order chi connectivity index (χ1) is 16.5. The third kappa shape index (κ3) is 4.43. The van der Waals surface area contributed by atoms with Gasteiger partial charge in [0.15, 0.2) is 0 Å².